The fourth-order valence-corrected chi connectivity index (χ4v) is 2.45. The number of hydrogen-bond acceptors (Lipinski definition) is 6. The summed E-state index contributed by atoms with van der Waals surface area (Å²) in [6.45, 7) is 0. The van der Waals surface area contributed by atoms with E-state index in [1.165, 1.54) is 21.3 Å². The molecule has 0 heterocycles. The zero-order chi connectivity index (χ0) is 19.1. The second-order valence-corrected chi connectivity index (χ2v) is 5.54. The number of amides is 1. The fraction of sp³-hybridized carbons (Fsp3) is 0.263. The molecule has 7 heteroatoms. The quantitative estimate of drug-likeness (QED) is 0.582. The van der Waals surface area contributed by atoms with Gasteiger partial charge >= 0.3 is 5.97 Å². The van der Waals surface area contributed by atoms with Crippen molar-refractivity contribution in [2.45, 2.75) is 12.5 Å². The Morgan fingerprint density at radius 1 is 1.00 bits per heavy atom. The lowest BCUT2D eigenvalue weighted by atomic mass is 10.0. The Balaban J connectivity index is 2.25. The number of methoxy groups -OCH3 is 3. The molecular formula is C19H22N2O5. The number of carbonyl (C=O) groups is 2. The number of esters is 1. The monoisotopic (exact) mass is 358 g/mol. The van der Waals surface area contributed by atoms with E-state index in [9.17, 15) is 9.59 Å². The molecule has 2 aromatic carbocycles. The minimum absolute atomic E-state index is 0.000548. The Bertz CT molecular complexity index is 774. The maximum absolute atomic E-state index is 12.6. The SMILES string of the molecule is COC(=O)C[C@@H](NC(=O)c1ccc(OC)c(OC)c1)c1ccc(N)cc1. The van der Waals surface area contributed by atoms with Crippen molar-refractivity contribution in [1.29, 1.82) is 0 Å². The Hall–Kier alpha value is -3.22. The molecule has 138 valence electrons. The molecule has 7 nitrogen and oxygen atoms in total. The van der Waals surface area contributed by atoms with Crippen LogP contribution in [-0.4, -0.2) is 33.2 Å². The third-order valence-corrected chi connectivity index (χ3v) is 3.89. The summed E-state index contributed by atoms with van der Waals surface area (Å²) in [5.41, 5.74) is 7.43. The molecule has 3 N–H and O–H groups in total. The van der Waals surface area contributed by atoms with Crippen molar-refractivity contribution in [2.24, 2.45) is 0 Å². The van der Waals surface area contributed by atoms with Gasteiger partial charge < -0.3 is 25.3 Å². The highest BCUT2D eigenvalue weighted by Crippen LogP contribution is 2.28. The first kappa shape index (κ1) is 19.1. The largest absolute Gasteiger partial charge is 0.493 e. The van der Waals surface area contributed by atoms with Crippen LogP contribution >= 0.6 is 0 Å². The minimum atomic E-state index is -0.552. The Labute approximate surface area is 152 Å². The molecule has 0 aromatic heterocycles. The van der Waals surface area contributed by atoms with Crippen LogP contribution in [-0.2, 0) is 9.53 Å². The van der Waals surface area contributed by atoms with Crippen LogP contribution in [0.1, 0.15) is 28.4 Å². The average molecular weight is 358 g/mol. The molecule has 26 heavy (non-hydrogen) atoms. The number of rotatable bonds is 7. The summed E-state index contributed by atoms with van der Waals surface area (Å²) >= 11 is 0. The Kier molecular flexibility index (Phi) is 6.43. The average Bonchev–Trinajstić information content (AvgIpc) is 2.67. The van der Waals surface area contributed by atoms with Crippen molar-refractivity contribution in [3.63, 3.8) is 0 Å². The molecular weight excluding hydrogens is 336 g/mol. The molecule has 0 unspecified atom stereocenters. The summed E-state index contributed by atoms with van der Waals surface area (Å²) in [7, 11) is 4.32. The van der Waals surface area contributed by atoms with Gasteiger partial charge in [0.05, 0.1) is 33.8 Å². The third kappa shape index (κ3) is 4.66. The van der Waals surface area contributed by atoms with E-state index in [1.54, 1.807) is 42.5 Å². The van der Waals surface area contributed by atoms with Gasteiger partial charge in [-0.15, -0.1) is 0 Å². The second-order valence-electron chi connectivity index (χ2n) is 5.54. The molecule has 0 aliphatic heterocycles. The highest BCUT2D eigenvalue weighted by Gasteiger charge is 2.20. The van der Waals surface area contributed by atoms with Gasteiger partial charge in [0.15, 0.2) is 11.5 Å². The zero-order valence-electron chi connectivity index (χ0n) is 14.9. The second kappa shape index (κ2) is 8.75. The van der Waals surface area contributed by atoms with E-state index in [4.69, 9.17) is 19.9 Å². The first-order valence-electron chi connectivity index (χ1n) is 7.93. The minimum Gasteiger partial charge on any atom is -0.493 e. The predicted octanol–water partition coefficient (Wildman–Crippen LogP) is 2.32. The lowest BCUT2D eigenvalue weighted by Gasteiger charge is -2.19. The van der Waals surface area contributed by atoms with Gasteiger partial charge in [-0.1, -0.05) is 12.1 Å². The van der Waals surface area contributed by atoms with Crippen molar-refractivity contribution in [1.82, 2.24) is 5.32 Å². The van der Waals surface area contributed by atoms with Gasteiger partial charge in [-0.25, -0.2) is 0 Å². The number of benzene rings is 2. The van der Waals surface area contributed by atoms with E-state index < -0.39 is 12.0 Å². The highest BCUT2D eigenvalue weighted by molar-refractivity contribution is 5.95. The van der Waals surface area contributed by atoms with Gasteiger partial charge in [0.25, 0.3) is 5.91 Å². The van der Waals surface area contributed by atoms with Gasteiger partial charge in [0.1, 0.15) is 0 Å². The number of hydrogen-bond donors (Lipinski definition) is 2. The van der Waals surface area contributed by atoms with Crippen LogP contribution in [0.5, 0.6) is 11.5 Å². The molecule has 0 bridgehead atoms. The fourth-order valence-electron chi connectivity index (χ4n) is 2.45. The van der Waals surface area contributed by atoms with E-state index in [0.717, 1.165) is 5.56 Å². The summed E-state index contributed by atoms with van der Waals surface area (Å²) < 4.78 is 15.1. The lowest BCUT2D eigenvalue weighted by molar-refractivity contribution is -0.141. The summed E-state index contributed by atoms with van der Waals surface area (Å²) in [6.07, 6.45) is -0.000548. The number of ether oxygens (including phenoxy) is 3. The van der Waals surface area contributed by atoms with Crippen LogP contribution in [0, 0.1) is 0 Å². The third-order valence-electron chi connectivity index (χ3n) is 3.89. The Morgan fingerprint density at radius 3 is 2.23 bits per heavy atom. The van der Waals surface area contributed by atoms with E-state index >= 15 is 0 Å². The lowest BCUT2D eigenvalue weighted by Crippen LogP contribution is -2.30. The molecule has 2 rings (SSSR count). The van der Waals surface area contributed by atoms with E-state index in [-0.39, 0.29) is 12.3 Å². The summed E-state index contributed by atoms with van der Waals surface area (Å²) in [6, 6.07) is 11.2. The first-order chi connectivity index (χ1) is 12.5. The molecule has 0 fully saturated rings. The molecule has 1 atom stereocenters. The Morgan fingerprint density at radius 2 is 1.65 bits per heavy atom. The van der Waals surface area contributed by atoms with Crippen LogP contribution in [0.2, 0.25) is 0 Å². The van der Waals surface area contributed by atoms with Crippen molar-refractivity contribution in [3.8, 4) is 11.5 Å². The summed E-state index contributed by atoms with van der Waals surface area (Å²) in [5, 5.41) is 2.85. The van der Waals surface area contributed by atoms with Crippen LogP contribution in [0.4, 0.5) is 5.69 Å². The van der Waals surface area contributed by atoms with Gasteiger partial charge in [0, 0.05) is 11.3 Å². The van der Waals surface area contributed by atoms with Crippen LogP contribution in [0.15, 0.2) is 42.5 Å². The van der Waals surface area contributed by atoms with Gasteiger partial charge in [-0.3, -0.25) is 9.59 Å². The smallest absolute Gasteiger partial charge is 0.307 e. The van der Waals surface area contributed by atoms with Crippen LogP contribution in [0.3, 0.4) is 0 Å². The van der Waals surface area contributed by atoms with Gasteiger partial charge in [-0.05, 0) is 35.9 Å². The van der Waals surface area contributed by atoms with Gasteiger partial charge in [0.2, 0.25) is 0 Å². The van der Waals surface area contributed by atoms with E-state index in [2.05, 4.69) is 5.32 Å². The van der Waals surface area contributed by atoms with E-state index in [0.29, 0.717) is 22.7 Å². The number of nitrogen functional groups attached to an aromatic ring is 1. The first-order valence-corrected chi connectivity index (χ1v) is 7.93. The van der Waals surface area contributed by atoms with Gasteiger partial charge in [-0.2, -0.15) is 0 Å². The maximum atomic E-state index is 12.6. The van der Waals surface area contributed by atoms with Crippen molar-refractivity contribution in [3.05, 3.63) is 53.6 Å². The van der Waals surface area contributed by atoms with Crippen LogP contribution in [0.25, 0.3) is 0 Å². The molecule has 0 spiro atoms. The normalized spacial score (nSPS) is 11.3. The predicted molar refractivity (Wildman–Crippen MR) is 97.2 cm³/mol. The highest BCUT2D eigenvalue weighted by atomic mass is 16.5. The molecule has 0 aliphatic rings. The molecule has 0 saturated carbocycles. The maximum Gasteiger partial charge on any atom is 0.307 e. The molecule has 1 amide bonds. The summed E-state index contributed by atoms with van der Waals surface area (Å²) in [5.74, 6) is 0.182. The van der Waals surface area contributed by atoms with Crippen LogP contribution < -0.4 is 20.5 Å². The van der Waals surface area contributed by atoms with Crippen molar-refractivity contribution >= 4 is 17.6 Å². The summed E-state index contributed by atoms with van der Waals surface area (Å²) in [4.78, 5) is 24.4. The number of nitrogens with one attached hydrogen (secondary N) is 1. The van der Waals surface area contributed by atoms with E-state index in [1.807, 2.05) is 0 Å². The zero-order valence-corrected chi connectivity index (χ0v) is 14.9. The molecule has 2 aromatic rings. The standard InChI is InChI=1S/C19H22N2O5/c1-24-16-9-6-13(10-17(16)25-2)19(23)21-15(11-18(22)26-3)12-4-7-14(20)8-5-12/h4-10,15H,11,20H2,1-3H3,(H,21,23)/t15-/m1/s1. The number of nitrogens with two attached hydrogens (primary N) is 1. The van der Waals surface area contributed by atoms with Crippen molar-refractivity contribution < 1.29 is 23.8 Å². The number of carbonyl (C=O) groups excluding carboxylic acids is 2. The molecule has 0 radical (unpaired) electrons. The van der Waals surface area contributed by atoms with Crippen molar-refractivity contribution in [2.75, 3.05) is 27.1 Å². The molecule has 0 saturated heterocycles. The molecule has 0 aliphatic carbocycles. The number of anilines is 1. The topological polar surface area (TPSA) is 99.9 Å².